The van der Waals surface area contributed by atoms with E-state index in [2.05, 4.69) is 20.6 Å². The summed E-state index contributed by atoms with van der Waals surface area (Å²) in [5, 5.41) is 6.19. The summed E-state index contributed by atoms with van der Waals surface area (Å²) in [6, 6.07) is 9.75. The predicted octanol–water partition coefficient (Wildman–Crippen LogP) is 3.47. The lowest BCUT2D eigenvalue weighted by Gasteiger charge is -2.14. The Morgan fingerprint density at radius 3 is 2.50 bits per heavy atom. The van der Waals surface area contributed by atoms with Crippen LogP contribution < -0.4 is 20.1 Å². The van der Waals surface area contributed by atoms with Gasteiger partial charge < -0.3 is 20.1 Å². The van der Waals surface area contributed by atoms with Gasteiger partial charge in [0.25, 0.3) is 0 Å². The van der Waals surface area contributed by atoms with E-state index in [-0.39, 0.29) is 36.5 Å². The molecule has 0 aliphatic heterocycles. The number of aliphatic imine (C=N–C) groups is 1. The SMILES string of the molecule is CN=C(NCCOc1ccc(C(F)(F)F)cn1)NCc1ccccc1OC.I. The first-order valence-corrected chi connectivity index (χ1v) is 8.16. The molecule has 0 atom stereocenters. The number of halogens is 4. The minimum absolute atomic E-state index is 0. The van der Waals surface area contributed by atoms with E-state index in [4.69, 9.17) is 9.47 Å². The second-order valence-electron chi connectivity index (χ2n) is 5.40. The highest BCUT2D eigenvalue weighted by molar-refractivity contribution is 14.0. The molecule has 2 N–H and O–H groups in total. The summed E-state index contributed by atoms with van der Waals surface area (Å²) in [7, 11) is 3.24. The summed E-state index contributed by atoms with van der Waals surface area (Å²) in [6.07, 6.45) is -3.66. The zero-order chi connectivity index (χ0) is 19.7. The normalized spacial score (nSPS) is 11.4. The number of aromatic nitrogens is 1. The molecule has 0 amide bonds. The molecule has 1 aromatic heterocycles. The van der Waals surface area contributed by atoms with Crippen LogP contribution in [0.25, 0.3) is 0 Å². The minimum Gasteiger partial charge on any atom is -0.496 e. The van der Waals surface area contributed by atoms with E-state index in [1.807, 2.05) is 24.3 Å². The molecular weight excluding hydrogens is 488 g/mol. The van der Waals surface area contributed by atoms with Crippen molar-refractivity contribution in [3.8, 4) is 11.6 Å². The fourth-order valence-corrected chi connectivity index (χ4v) is 2.21. The zero-order valence-corrected chi connectivity index (χ0v) is 17.7. The molecule has 154 valence electrons. The number of para-hydroxylation sites is 1. The van der Waals surface area contributed by atoms with Crippen molar-refractivity contribution < 1.29 is 22.6 Å². The fourth-order valence-electron chi connectivity index (χ4n) is 2.21. The van der Waals surface area contributed by atoms with Crippen LogP contribution in [0, 0.1) is 0 Å². The number of benzene rings is 1. The maximum absolute atomic E-state index is 12.5. The Hall–Kier alpha value is -2.24. The van der Waals surface area contributed by atoms with Crippen molar-refractivity contribution in [1.82, 2.24) is 15.6 Å². The first kappa shape index (κ1) is 23.8. The van der Waals surface area contributed by atoms with Crippen LogP contribution in [0.5, 0.6) is 11.6 Å². The maximum atomic E-state index is 12.5. The van der Waals surface area contributed by atoms with Gasteiger partial charge in [-0.1, -0.05) is 18.2 Å². The van der Waals surface area contributed by atoms with Gasteiger partial charge in [-0.05, 0) is 12.1 Å². The van der Waals surface area contributed by atoms with Crippen LogP contribution in [0.1, 0.15) is 11.1 Å². The molecule has 0 bridgehead atoms. The van der Waals surface area contributed by atoms with Crippen LogP contribution in [-0.2, 0) is 12.7 Å². The topological polar surface area (TPSA) is 67.8 Å². The Balaban J connectivity index is 0.00000392. The fraction of sp³-hybridized carbons (Fsp3) is 0.333. The second-order valence-corrected chi connectivity index (χ2v) is 5.40. The number of methoxy groups -OCH3 is 1. The van der Waals surface area contributed by atoms with Crippen molar-refractivity contribution in [3.63, 3.8) is 0 Å². The van der Waals surface area contributed by atoms with Crippen molar-refractivity contribution in [1.29, 1.82) is 0 Å². The van der Waals surface area contributed by atoms with Gasteiger partial charge in [-0.15, -0.1) is 24.0 Å². The lowest BCUT2D eigenvalue weighted by Crippen LogP contribution is -2.39. The van der Waals surface area contributed by atoms with Gasteiger partial charge in [0.15, 0.2) is 5.96 Å². The highest BCUT2D eigenvalue weighted by Crippen LogP contribution is 2.29. The first-order chi connectivity index (χ1) is 12.9. The Labute approximate surface area is 178 Å². The number of alkyl halides is 3. The predicted molar refractivity (Wildman–Crippen MR) is 111 cm³/mol. The molecular formula is C18H22F3IN4O2. The summed E-state index contributed by atoms with van der Waals surface area (Å²) in [5.74, 6) is 1.46. The standard InChI is InChI=1S/C18H21F3N4O2.HI/c1-22-17(25-11-13-5-3-4-6-15(13)26-2)23-9-10-27-16-8-7-14(12-24-16)18(19,20)21;/h3-8,12H,9-11H2,1-2H3,(H2,22,23,25);1H. The Morgan fingerprint density at radius 2 is 1.89 bits per heavy atom. The minimum atomic E-state index is -4.41. The van der Waals surface area contributed by atoms with E-state index in [9.17, 15) is 13.2 Å². The Bertz CT molecular complexity index is 755. The molecule has 1 heterocycles. The molecule has 2 aromatic rings. The van der Waals surface area contributed by atoms with Crippen molar-refractivity contribution in [2.75, 3.05) is 27.3 Å². The number of hydrogen-bond donors (Lipinski definition) is 2. The molecule has 28 heavy (non-hydrogen) atoms. The van der Waals surface area contributed by atoms with Crippen molar-refractivity contribution in [2.45, 2.75) is 12.7 Å². The molecule has 0 aliphatic rings. The van der Waals surface area contributed by atoms with Gasteiger partial charge in [-0.25, -0.2) is 4.98 Å². The van der Waals surface area contributed by atoms with Gasteiger partial charge in [0, 0.05) is 31.4 Å². The molecule has 0 saturated carbocycles. The van der Waals surface area contributed by atoms with Gasteiger partial charge in [0.1, 0.15) is 12.4 Å². The quantitative estimate of drug-likeness (QED) is 0.259. The second kappa shape index (κ2) is 11.6. The van der Waals surface area contributed by atoms with E-state index < -0.39 is 11.7 Å². The monoisotopic (exact) mass is 510 g/mol. The third-order valence-electron chi connectivity index (χ3n) is 3.57. The number of pyridine rings is 1. The number of nitrogens with one attached hydrogen (secondary N) is 2. The van der Waals surface area contributed by atoms with Crippen LogP contribution in [0.4, 0.5) is 13.2 Å². The molecule has 2 rings (SSSR count). The highest BCUT2D eigenvalue weighted by atomic mass is 127. The van der Waals surface area contributed by atoms with E-state index >= 15 is 0 Å². The molecule has 1 aromatic carbocycles. The van der Waals surface area contributed by atoms with Gasteiger partial charge in [0.2, 0.25) is 5.88 Å². The van der Waals surface area contributed by atoms with Crippen molar-refractivity contribution >= 4 is 29.9 Å². The highest BCUT2D eigenvalue weighted by Gasteiger charge is 2.30. The Kier molecular flexibility index (Phi) is 9.83. The summed E-state index contributed by atoms with van der Waals surface area (Å²) in [5.41, 5.74) is 0.169. The van der Waals surface area contributed by atoms with Crippen molar-refractivity contribution in [2.24, 2.45) is 4.99 Å². The average Bonchev–Trinajstić information content (AvgIpc) is 2.67. The van der Waals surface area contributed by atoms with E-state index in [0.29, 0.717) is 19.0 Å². The van der Waals surface area contributed by atoms with Gasteiger partial charge in [0.05, 0.1) is 19.2 Å². The van der Waals surface area contributed by atoms with E-state index in [0.717, 1.165) is 23.6 Å². The average molecular weight is 510 g/mol. The third-order valence-corrected chi connectivity index (χ3v) is 3.57. The van der Waals surface area contributed by atoms with Crippen LogP contribution in [0.2, 0.25) is 0 Å². The third kappa shape index (κ3) is 7.41. The van der Waals surface area contributed by atoms with Gasteiger partial charge in [-0.3, -0.25) is 4.99 Å². The number of ether oxygens (including phenoxy) is 2. The lowest BCUT2D eigenvalue weighted by molar-refractivity contribution is -0.137. The summed E-state index contributed by atoms with van der Waals surface area (Å²) < 4.78 is 48.0. The summed E-state index contributed by atoms with van der Waals surface area (Å²) in [4.78, 5) is 7.75. The van der Waals surface area contributed by atoms with E-state index in [1.165, 1.54) is 6.07 Å². The molecule has 0 spiro atoms. The van der Waals surface area contributed by atoms with Crippen molar-refractivity contribution in [3.05, 3.63) is 53.7 Å². The smallest absolute Gasteiger partial charge is 0.417 e. The lowest BCUT2D eigenvalue weighted by atomic mass is 10.2. The Morgan fingerprint density at radius 1 is 1.14 bits per heavy atom. The zero-order valence-electron chi connectivity index (χ0n) is 15.4. The molecule has 6 nitrogen and oxygen atoms in total. The number of guanidine groups is 1. The molecule has 0 radical (unpaired) electrons. The molecule has 0 unspecified atom stereocenters. The van der Waals surface area contributed by atoms with Gasteiger partial charge in [-0.2, -0.15) is 13.2 Å². The molecule has 0 saturated heterocycles. The largest absolute Gasteiger partial charge is 0.496 e. The summed E-state index contributed by atoms with van der Waals surface area (Å²) in [6.45, 7) is 1.13. The number of hydrogen-bond acceptors (Lipinski definition) is 4. The number of nitrogens with zero attached hydrogens (tertiary/aromatic N) is 2. The number of rotatable bonds is 7. The van der Waals surface area contributed by atoms with Crippen LogP contribution in [0.15, 0.2) is 47.6 Å². The van der Waals surface area contributed by atoms with Crippen LogP contribution >= 0.6 is 24.0 Å². The maximum Gasteiger partial charge on any atom is 0.417 e. The van der Waals surface area contributed by atoms with Crippen LogP contribution in [-0.4, -0.2) is 38.3 Å². The van der Waals surface area contributed by atoms with E-state index in [1.54, 1.807) is 14.2 Å². The molecule has 0 aliphatic carbocycles. The first-order valence-electron chi connectivity index (χ1n) is 8.16. The molecule has 0 fully saturated rings. The molecule has 10 heteroatoms. The summed E-state index contributed by atoms with van der Waals surface area (Å²) >= 11 is 0. The van der Waals surface area contributed by atoms with Crippen LogP contribution in [0.3, 0.4) is 0 Å². The van der Waals surface area contributed by atoms with Gasteiger partial charge >= 0.3 is 6.18 Å².